The molecule has 2 heterocycles. The van der Waals surface area contributed by atoms with Crippen molar-refractivity contribution in [3.05, 3.63) is 24.0 Å². The van der Waals surface area contributed by atoms with Crippen LogP contribution in [0.5, 0.6) is 0 Å². The van der Waals surface area contributed by atoms with Crippen molar-refractivity contribution in [2.45, 2.75) is 25.3 Å². The summed E-state index contributed by atoms with van der Waals surface area (Å²) in [5.41, 5.74) is 7.31. The molecule has 1 unspecified atom stereocenters. The number of carbonyl (C=O) groups excluding carboxylic acids is 1. The van der Waals surface area contributed by atoms with Crippen molar-refractivity contribution in [2.24, 2.45) is 5.73 Å². The van der Waals surface area contributed by atoms with Crippen molar-refractivity contribution in [1.29, 1.82) is 0 Å². The Morgan fingerprint density at radius 1 is 1.61 bits per heavy atom. The van der Waals surface area contributed by atoms with E-state index >= 15 is 0 Å². The summed E-state index contributed by atoms with van der Waals surface area (Å²) in [6.45, 7) is 1.65. The molecule has 1 aromatic rings. The molecule has 5 nitrogen and oxygen atoms in total. The fourth-order valence-electron chi connectivity index (χ4n) is 2.44. The minimum absolute atomic E-state index is 0.154. The number of aromatic nitrogens is 1. The Bertz CT molecular complexity index is 421. The molecule has 1 fully saturated rings. The van der Waals surface area contributed by atoms with Gasteiger partial charge in [-0.1, -0.05) is 0 Å². The molecular formula is C13H20N4O. The van der Waals surface area contributed by atoms with Gasteiger partial charge in [0, 0.05) is 38.1 Å². The van der Waals surface area contributed by atoms with Crippen molar-refractivity contribution < 1.29 is 4.79 Å². The van der Waals surface area contributed by atoms with E-state index in [9.17, 15) is 4.79 Å². The molecule has 2 rings (SSSR count). The van der Waals surface area contributed by atoms with Gasteiger partial charge in [0.2, 0.25) is 0 Å². The highest BCUT2D eigenvalue weighted by atomic mass is 16.1. The minimum Gasteiger partial charge on any atom is -0.367 e. The highest BCUT2D eigenvalue weighted by Crippen LogP contribution is 2.24. The molecule has 98 valence electrons. The van der Waals surface area contributed by atoms with Crippen LogP contribution >= 0.6 is 0 Å². The van der Waals surface area contributed by atoms with Crippen molar-refractivity contribution in [3.8, 4) is 0 Å². The van der Waals surface area contributed by atoms with E-state index in [4.69, 9.17) is 5.73 Å². The van der Waals surface area contributed by atoms with Crippen LogP contribution in [-0.4, -0.2) is 37.1 Å². The Balaban J connectivity index is 2.23. The molecule has 1 aliphatic heterocycles. The quantitative estimate of drug-likeness (QED) is 0.828. The Morgan fingerprint density at radius 3 is 3.17 bits per heavy atom. The van der Waals surface area contributed by atoms with Crippen molar-refractivity contribution >= 4 is 11.6 Å². The van der Waals surface area contributed by atoms with Crippen LogP contribution < -0.4 is 16.0 Å². The second-order valence-corrected chi connectivity index (χ2v) is 4.56. The summed E-state index contributed by atoms with van der Waals surface area (Å²) in [6.07, 6.45) is 5.20. The first-order valence-corrected chi connectivity index (χ1v) is 6.41. The Morgan fingerprint density at radius 2 is 2.44 bits per heavy atom. The van der Waals surface area contributed by atoms with Crippen molar-refractivity contribution in [3.63, 3.8) is 0 Å². The number of nitrogens with zero attached hydrogens (tertiary/aromatic N) is 2. The van der Waals surface area contributed by atoms with Gasteiger partial charge in [-0.25, -0.2) is 0 Å². The van der Waals surface area contributed by atoms with Crippen molar-refractivity contribution in [1.82, 2.24) is 10.3 Å². The van der Waals surface area contributed by atoms with Gasteiger partial charge in [-0.3, -0.25) is 9.78 Å². The summed E-state index contributed by atoms with van der Waals surface area (Å²) < 4.78 is 0. The number of hydrogen-bond donors (Lipinski definition) is 2. The lowest BCUT2D eigenvalue weighted by Crippen LogP contribution is -2.44. The van der Waals surface area contributed by atoms with Crippen LogP contribution in [0, 0.1) is 0 Å². The first-order chi connectivity index (χ1) is 8.76. The Kier molecular flexibility index (Phi) is 4.15. The van der Waals surface area contributed by atoms with Gasteiger partial charge in [-0.2, -0.15) is 0 Å². The maximum absolute atomic E-state index is 11.6. The average Bonchev–Trinajstić information content (AvgIpc) is 2.46. The summed E-state index contributed by atoms with van der Waals surface area (Å²) in [7, 11) is 1.61. The predicted molar refractivity (Wildman–Crippen MR) is 71.7 cm³/mol. The summed E-state index contributed by atoms with van der Waals surface area (Å²) in [5.74, 6) is -0.154. The van der Waals surface area contributed by atoms with Crippen LogP contribution in [0.2, 0.25) is 0 Å². The molecular weight excluding hydrogens is 228 g/mol. The summed E-state index contributed by atoms with van der Waals surface area (Å²) >= 11 is 0. The number of hydrogen-bond acceptors (Lipinski definition) is 4. The van der Waals surface area contributed by atoms with Gasteiger partial charge < -0.3 is 16.0 Å². The zero-order chi connectivity index (χ0) is 13.0. The Hall–Kier alpha value is -1.62. The third-order valence-electron chi connectivity index (χ3n) is 3.43. The molecule has 1 aliphatic rings. The molecule has 1 saturated heterocycles. The van der Waals surface area contributed by atoms with Gasteiger partial charge in [-0.05, 0) is 31.4 Å². The van der Waals surface area contributed by atoms with Crippen LogP contribution in [0.3, 0.4) is 0 Å². The zero-order valence-electron chi connectivity index (χ0n) is 10.7. The number of piperidine rings is 1. The molecule has 0 bridgehead atoms. The highest BCUT2D eigenvalue weighted by Gasteiger charge is 2.22. The second-order valence-electron chi connectivity index (χ2n) is 4.56. The largest absolute Gasteiger partial charge is 0.367 e. The summed E-state index contributed by atoms with van der Waals surface area (Å²) in [4.78, 5) is 18.0. The van der Waals surface area contributed by atoms with E-state index in [0.29, 0.717) is 18.3 Å². The van der Waals surface area contributed by atoms with E-state index in [2.05, 4.69) is 15.2 Å². The number of amides is 1. The van der Waals surface area contributed by atoms with Crippen LogP contribution in [0.15, 0.2) is 18.3 Å². The van der Waals surface area contributed by atoms with E-state index in [1.54, 1.807) is 13.2 Å². The lowest BCUT2D eigenvalue weighted by atomic mass is 10.0. The Labute approximate surface area is 107 Å². The number of carbonyl (C=O) groups is 1. The number of anilines is 1. The van der Waals surface area contributed by atoms with Crippen molar-refractivity contribution in [2.75, 3.05) is 25.0 Å². The summed E-state index contributed by atoms with van der Waals surface area (Å²) in [5, 5.41) is 2.59. The van der Waals surface area contributed by atoms with E-state index in [1.165, 1.54) is 12.8 Å². The van der Waals surface area contributed by atoms with Gasteiger partial charge >= 0.3 is 0 Å². The fourth-order valence-corrected chi connectivity index (χ4v) is 2.44. The minimum atomic E-state index is -0.154. The fraction of sp³-hybridized carbons (Fsp3) is 0.538. The monoisotopic (exact) mass is 248 g/mol. The number of nitrogens with two attached hydrogens (primary N) is 1. The van der Waals surface area contributed by atoms with Gasteiger partial charge in [0.1, 0.15) is 5.69 Å². The molecule has 0 radical (unpaired) electrons. The number of rotatable bonds is 3. The predicted octanol–water partition coefficient (Wildman–Crippen LogP) is 0.759. The molecule has 1 amide bonds. The van der Waals surface area contributed by atoms with Crippen LogP contribution in [0.25, 0.3) is 0 Å². The topological polar surface area (TPSA) is 71.2 Å². The van der Waals surface area contributed by atoms with Gasteiger partial charge in [0.25, 0.3) is 5.91 Å². The third-order valence-corrected chi connectivity index (χ3v) is 3.43. The first kappa shape index (κ1) is 12.8. The van der Waals surface area contributed by atoms with E-state index in [1.807, 2.05) is 12.1 Å². The molecule has 1 atom stereocenters. The molecule has 1 aromatic heterocycles. The lowest BCUT2D eigenvalue weighted by molar-refractivity contribution is 0.0958. The molecule has 3 N–H and O–H groups in total. The third kappa shape index (κ3) is 2.61. The van der Waals surface area contributed by atoms with Gasteiger partial charge in [0.05, 0.1) is 0 Å². The SMILES string of the molecule is CNC(=O)c1cc(N2CCCCC2CN)ccn1. The van der Waals surface area contributed by atoms with Gasteiger partial charge in [0.15, 0.2) is 0 Å². The number of nitrogens with one attached hydrogen (secondary N) is 1. The molecule has 0 spiro atoms. The molecule has 0 aliphatic carbocycles. The van der Waals surface area contributed by atoms with E-state index in [-0.39, 0.29) is 5.91 Å². The van der Waals surface area contributed by atoms with Crippen LogP contribution in [0.1, 0.15) is 29.8 Å². The van der Waals surface area contributed by atoms with E-state index < -0.39 is 0 Å². The smallest absolute Gasteiger partial charge is 0.269 e. The summed E-state index contributed by atoms with van der Waals surface area (Å²) in [6, 6.07) is 4.16. The number of pyridine rings is 1. The molecule has 5 heteroatoms. The normalized spacial score (nSPS) is 19.7. The van der Waals surface area contributed by atoms with E-state index in [0.717, 1.165) is 18.7 Å². The standard InChI is InChI=1S/C13H20N4O/c1-15-13(18)12-8-10(5-6-16-12)17-7-3-2-4-11(17)9-14/h5-6,8,11H,2-4,7,9,14H2,1H3,(H,15,18). The first-order valence-electron chi connectivity index (χ1n) is 6.41. The average molecular weight is 248 g/mol. The maximum atomic E-state index is 11.6. The highest BCUT2D eigenvalue weighted by molar-refractivity contribution is 5.92. The van der Waals surface area contributed by atoms with Gasteiger partial charge in [-0.15, -0.1) is 0 Å². The molecule has 0 aromatic carbocycles. The molecule has 0 saturated carbocycles. The van der Waals surface area contributed by atoms with Crippen LogP contribution in [0.4, 0.5) is 5.69 Å². The second kappa shape index (κ2) is 5.82. The molecule has 18 heavy (non-hydrogen) atoms. The maximum Gasteiger partial charge on any atom is 0.269 e. The zero-order valence-corrected chi connectivity index (χ0v) is 10.7. The van der Waals surface area contributed by atoms with Crippen LogP contribution in [-0.2, 0) is 0 Å². The lowest BCUT2D eigenvalue weighted by Gasteiger charge is -2.37.